The zero-order valence-corrected chi connectivity index (χ0v) is 22.9. The number of nitrogens with zero attached hydrogens (tertiary/aromatic N) is 1. The van der Waals surface area contributed by atoms with Gasteiger partial charge in [0.15, 0.2) is 0 Å². The molecule has 0 aromatic heterocycles. The van der Waals surface area contributed by atoms with Crippen molar-refractivity contribution in [3.05, 3.63) is 34.9 Å². The fourth-order valence-electron chi connectivity index (χ4n) is 3.78. The molecule has 0 heterocycles. The van der Waals surface area contributed by atoms with Crippen molar-refractivity contribution in [3.63, 3.8) is 0 Å². The molecule has 1 aliphatic rings. The van der Waals surface area contributed by atoms with Crippen LogP contribution >= 0.6 is 12.6 Å². The first-order valence-electron chi connectivity index (χ1n) is 12.3. The van der Waals surface area contributed by atoms with Gasteiger partial charge in [-0.1, -0.05) is 23.8 Å². The van der Waals surface area contributed by atoms with E-state index in [0.717, 1.165) is 24.0 Å². The highest BCUT2D eigenvalue weighted by Gasteiger charge is 2.44. The zero-order chi connectivity index (χ0) is 27.0. The lowest BCUT2D eigenvalue weighted by Gasteiger charge is -2.35. The van der Waals surface area contributed by atoms with Crippen LogP contribution in [0.4, 0.5) is 4.79 Å². The van der Waals surface area contributed by atoms with Crippen LogP contribution in [0.25, 0.3) is 0 Å². The molecule has 2 N–H and O–H groups in total. The number of ether oxygens (including phenoxy) is 2. The first kappa shape index (κ1) is 29.5. The number of aryl methyl sites for hydroxylation is 2. The fourth-order valence-corrected chi connectivity index (χ4v) is 4.02. The van der Waals surface area contributed by atoms with Gasteiger partial charge in [-0.05, 0) is 65.5 Å². The Kier molecular flexibility index (Phi) is 10.6. The van der Waals surface area contributed by atoms with Crippen molar-refractivity contribution in [3.8, 4) is 0 Å². The second-order valence-corrected chi connectivity index (χ2v) is 10.3. The summed E-state index contributed by atoms with van der Waals surface area (Å²) >= 11 is 4.30. The van der Waals surface area contributed by atoms with Crippen molar-refractivity contribution >= 4 is 36.5 Å². The highest BCUT2D eigenvalue weighted by Crippen LogP contribution is 2.37. The van der Waals surface area contributed by atoms with E-state index in [9.17, 15) is 19.2 Å². The Labute approximate surface area is 219 Å². The Morgan fingerprint density at radius 2 is 1.83 bits per heavy atom. The van der Waals surface area contributed by atoms with E-state index in [2.05, 4.69) is 23.3 Å². The number of esters is 1. The number of amides is 3. The van der Waals surface area contributed by atoms with Crippen LogP contribution in [0.3, 0.4) is 0 Å². The van der Waals surface area contributed by atoms with Gasteiger partial charge in [-0.3, -0.25) is 14.4 Å². The minimum atomic E-state index is -0.983. The predicted octanol–water partition coefficient (Wildman–Crippen LogP) is 3.23. The van der Waals surface area contributed by atoms with Gasteiger partial charge < -0.3 is 25.0 Å². The number of thiol groups is 1. The second-order valence-electron chi connectivity index (χ2n) is 9.97. The first-order chi connectivity index (χ1) is 16.9. The molecule has 0 saturated heterocycles. The van der Waals surface area contributed by atoms with Crippen molar-refractivity contribution in [2.45, 2.75) is 84.5 Å². The third-order valence-electron chi connectivity index (χ3n) is 5.56. The number of carbonyl (C=O) groups excluding carboxylic acids is 4. The Bertz CT molecular complexity index is 957. The van der Waals surface area contributed by atoms with Gasteiger partial charge >= 0.3 is 12.1 Å². The topological polar surface area (TPSA) is 114 Å². The number of carbonyl (C=O) groups is 4. The second kappa shape index (κ2) is 13.0. The predicted molar refractivity (Wildman–Crippen MR) is 140 cm³/mol. The van der Waals surface area contributed by atoms with Crippen LogP contribution in [-0.4, -0.2) is 65.4 Å². The van der Waals surface area contributed by atoms with Crippen LogP contribution < -0.4 is 10.6 Å². The first-order valence-corrected chi connectivity index (χ1v) is 12.9. The van der Waals surface area contributed by atoms with Gasteiger partial charge in [0, 0.05) is 18.3 Å². The maximum Gasteiger partial charge on any atom is 0.408 e. The van der Waals surface area contributed by atoms with E-state index < -0.39 is 41.6 Å². The maximum absolute atomic E-state index is 13.8. The molecule has 3 amide bonds. The minimum Gasteiger partial charge on any atom is -0.466 e. The lowest BCUT2D eigenvalue weighted by Crippen LogP contribution is -2.54. The molecule has 0 spiro atoms. The Hall–Kier alpha value is -2.75. The molecule has 2 unspecified atom stereocenters. The molecule has 0 aliphatic heterocycles. The van der Waals surface area contributed by atoms with Crippen molar-refractivity contribution in [2.24, 2.45) is 0 Å². The van der Waals surface area contributed by atoms with E-state index in [0.29, 0.717) is 5.56 Å². The molecule has 1 aliphatic carbocycles. The summed E-state index contributed by atoms with van der Waals surface area (Å²) in [6, 6.07) is 3.68. The van der Waals surface area contributed by atoms with E-state index in [1.54, 1.807) is 32.6 Å². The van der Waals surface area contributed by atoms with Gasteiger partial charge in [-0.15, -0.1) is 0 Å². The monoisotopic (exact) mass is 521 g/mol. The summed E-state index contributed by atoms with van der Waals surface area (Å²) in [6.07, 6.45) is 0.785. The number of hydrogen-bond donors (Lipinski definition) is 3. The standard InChI is InChI=1S/C26H39N3O6S/c1-7-34-21(30)12-13-27-23(31)22(19-14-16(2)8-9-17(19)3)29(18-10-11-18)24(32)20(15-36)28-25(33)35-26(4,5)6/h8-9,14,18,20,22,36H,7,10-13,15H2,1-6H3,(H,27,31)(H,28,33). The molecule has 200 valence electrons. The van der Waals surface area contributed by atoms with Crippen molar-refractivity contribution in [1.82, 2.24) is 15.5 Å². The molecular weight excluding hydrogens is 482 g/mol. The molecule has 1 fully saturated rings. The summed E-state index contributed by atoms with van der Waals surface area (Å²) in [5, 5.41) is 5.41. The van der Waals surface area contributed by atoms with Crippen molar-refractivity contribution < 1.29 is 28.7 Å². The average molecular weight is 522 g/mol. The van der Waals surface area contributed by atoms with Crippen LogP contribution in [0.1, 0.15) is 69.7 Å². The molecule has 36 heavy (non-hydrogen) atoms. The average Bonchev–Trinajstić information content (AvgIpc) is 3.61. The number of rotatable bonds is 11. The summed E-state index contributed by atoms with van der Waals surface area (Å²) in [4.78, 5) is 53.1. The van der Waals surface area contributed by atoms with Crippen LogP contribution in [0.5, 0.6) is 0 Å². The van der Waals surface area contributed by atoms with Gasteiger partial charge in [0.1, 0.15) is 17.7 Å². The van der Waals surface area contributed by atoms with E-state index in [-0.39, 0.29) is 31.4 Å². The number of alkyl carbamates (subject to hydrolysis) is 1. The van der Waals surface area contributed by atoms with E-state index >= 15 is 0 Å². The number of nitrogens with one attached hydrogen (secondary N) is 2. The fraction of sp³-hybridized carbons (Fsp3) is 0.615. The van der Waals surface area contributed by atoms with E-state index in [1.165, 1.54) is 0 Å². The lowest BCUT2D eigenvalue weighted by molar-refractivity contribution is -0.144. The molecule has 2 atom stereocenters. The highest BCUT2D eigenvalue weighted by molar-refractivity contribution is 7.80. The molecular formula is C26H39N3O6S. The minimum absolute atomic E-state index is 0.0237. The SMILES string of the molecule is CCOC(=O)CCNC(=O)C(c1cc(C)ccc1C)N(C(=O)C(CS)NC(=O)OC(C)(C)C)C1CC1. The van der Waals surface area contributed by atoms with Crippen molar-refractivity contribution in [1.29, 1.82) is 0 Å². The van der Waals surface area contributed by atoms with E-state index in [4.69, 9.17) is 9.47 Å². The molecule has 1 saturated carbocycles. The molecule has 1 aromatic carbocycles. The Morgan fingerprint density at radius 1 is 1.17 bits per heavy atom. The van der Waals surface area contributed by atoms with Gasteiger partial charge in [0.25, 0.3) is 0 Å². The molecule has 0 radical (unpaired) electrons. The third kappa shape index (κ3) is 8.72. The zero-order valence-electron chi connectivity index (χ0n) is 22.1. The normalized spacial score (nSPS) is 14.9. The highest BCUT2D eigenvalue weighted by atomic mass is 32.1. The van der Waals surface area contributed by atoms with Crippen LogP contribution in [0, 0.1) is 13.8 Å². The molecule has 9 nitrogen and oxygen atoms in total. The summed E-state index contributed by atoms with van der Waals surface area (Å²) in [5.41, 5.74) is 1.76. The Balaban J connectivity index is 2.36. The quantitative estimate of drug-likeness (QED) is 0.304. The number of hydrogen-bond acceptors (Lipinski definition) is 7. The summed E-state index contributed by atoms with van der Waals surface area (Å²) in [6.45, 7) is 11.1. The van der Waals surface area contributed by atoms with Gasteiger partial charge in [-0.2, -0.15) is 12.6 Å². The van der Waals surface area contributed by atoms with Crippen LogP contribution in [-0.2, 0) is 23.9 Å². The Morgan fingerprint density at radius 3 is 2.39 bits per heavy atom. The molecule has 10 heteroatoms. The molecule has 0 bridgehead atoms. The van der Waals surface area contributed by atoms with E-state index in [1.807, 2.05) is 32.0 Å². The number of benzene rings is 1. The maximum atomic E-state index is 13.8. The van der Waals surface area contributed by atoms with Crippen molar-refractivity contribution in [2.75, 3.05) is 18.9 Å². The van der Waals surface area contributed by atoms with Gasteiger partial charge in [0.05, 0.1) is 13.0 Å². The van der Waals surface area contributed by atoms with Crippen LogP contribution in [0.2, 0.25) is 0 Å². The molecule has 2 rings (SSSR count). The van der Waals surface area contributed by atoms with Gasteiger partial charge in [0.2, 0.25) is 11.8 Å². The smallest absolute Gasteiger partial charge is 0.408 e. The summed E-state index contributed by atoms with van der Waals surface area (Å²) in [5.74, 6) is -1.19. The lowest BCUT2D eigenvalue weighted by atomic mass is 9.96. The van der Waals surface area contributed by atoms with Crippen LogP contribution in [0.15, 0.2) is 18.2 Å². The van der Waals surface area contributed by atoms with Gasteiger partial charge in [-0.25, -0.2) is 4.79 Å². The summed E-state index contributed by atoms with van der Waals surface area (Å²) in [7, 11) is 0. The third-order valence-corrected chi connectivity index (χ3v) is 5.92. The largest absolute Gasteiger partial charge is 0.466 e. The molecule has 1 aromatic rings. The summed E-state index contributed by atoms with van der Waals surface area (Å²) < 4.78 is 10.3.